The van der Waals surface area contributed by atoms with Gasteiger partial charge >= 0.3 is 92.4 Å². The largest absolute Gasteiger partial charge is 0.665 e. The van der Waals surface area contributed by atoms with Gasteiger partial charge in [-0.15, -0.1) is 0 Å². The van der Waals surface area contributed by atoms with Crippen molar-refractivity contribution in [2.24, 2.45) is 0 Å². The van der Waals surface area contributed by atoms with Gasteiger partial charge < -0.3 is 9.90 Å². The van der Waals surface area contributed by atoms with Gasteiger partial charge in [0.2, 0.25) is 0 Å². The van der Waals surface area contributed by atoms with E-state index in [1.807, 2.05) is 0 Å². The Morgan fingerprint density at radius 2 is 1.12 bits per heavy atom. The minimum absolute atomic E-state index is 0.500. The van der Waals surface area contributed by atoms with Crippen LogP contribution < -0.4 is 0 Å². The Bertz CT molecular complexity index is 110. The molecule has 2 nitrogen and oxygen atoms in total. The van der Waals surface area contributed by atoms with Gasteiger partial charge in [0.15, 0.2) is 0 Å². The molecule has 0 heterocycles. The molecule has 96 valence electrons. The van der Waals surface area contributed by atoms with Crippen LogP contribution >= 0.6 is 0 Å². The summed E-state index contributed by atoms with van der Waals surface area (Å²) in [6.07, 6.45) is 8.85. The molecule has 3 heteroatoms. The third-order valence-corrected chi connectivity index (χ3v) is 11.7. The Morgan fingerprint density at radius 1 is 0.875 bits per heavy atom. The molecule has 0 aromatic carbocycles. The van der Waals surface area contributed by atoms with Crippen molar-refractivity contribution in [1.29, 1.82) is 0 Å². The normalized spacial score (nSPS) is 9.19. The summed E-state index contributed by atoms with van der Waals surface area (Å²) in [6.45, 7) is 7.50. The van der Waals surface area contributed by atoms with Crippen LogP contribution in [-0.2, 0) is 4.79 Å². The van der Waals surface area contributed by atoms with Crippen LogP contribution in [0.3, 0.4) is 0 Å². The molecule has 0 bridgehead atoms. The Balaban J connectivity index is 0. The Kier molecular flexibility index (Phi) is 20.6. The van der Waals surface area contributed by atoms with E-state index in [1.54, 1.807) is 13.3 Å². The van der Waals surface area contributed by atoms with Crippen LogP contribution in [0.15, 0.2) is 0 Å². The summed E-state index contributed by atoms with van der Waals surface area (Å²) in [5, 5.41) is 6.76. The van der Waals surface area contributed by atoms with Gasteiger partial charge in [-0.1, -0.05) is 6.47 Å². The molecular formula is C13H28O2Sn. The monoisotopic (exact) mass is 336 g/mol. The molecule has 0 unspecified atom stereocenters. The summed E-state index contributed by atoms with van der Waals surface area (Å²) in [7, 11) is 0. The maximum Gasteiger partial charge on any atom is -0.0744 e. The van der Waals surface area contributed by atoms with E-state index in [0.717, 1.165) is 0 Å². The molecule has 0 saturated heterocycles. The smallest absolute Gasteiger partial charge is 0.0744 e. The molecule has 0 aliphatic rings. The molecular weight excluding hydrogens is 307 g/mol. The molecule has 0 aromatic heterocycles. The van der Waals surface area contributed by atoms with E-state index < -0.39 is 19.8 Å². The predicted octanol–water partition coefficient (Wildman–Crippen LogP) is 4.49. The summed E-state index contributed by atoms with van der Waals surface area (Å²) >= 11 is -0.839. The fraction of sp³-hybridized carbons (Fsp3) is 0.923. The first-order valence-electron chi connectivity index (χ1n) is 6.61. The molecule has 0 saturated carbocycles. The standard InChI is InChI=1S/3C4H9.CHO2.Sn/c3*1-3-4-2;2-1-3;/h3*1,3-4H2,2H3;(H,2,3);/q;;;-1;+1. The van der Waals surface area contributed by atoms with Crippen molar-refractivity contribution in [2.45, 2.75) is 72.6 Å². The molecule has 0 amide bonds. The van der Waals surface area contributed by atoms with Gasteiger partial charge in [-0.3, -0.25) is 0 Å². The first kappa shape index (κ1) is 18.6. The second kappa shape index (κ2) is 17.7. The maximum absolute atomic E-state index is 8.24. The van der Waals surface area contributed by atoms with Crippen molar-refractivity contribution >= 4 is 26.2 Å². The van der Waals surface area contributed by atoms with Crippen molar-refractivity contribution < 1.29 is 9.90 Å². The summed E-state index contributed by atoms with van der Waals surface area (Å²) in [6, 6.07) is 0. The second-order valence-corrected chi connectivity index (χ2v) is 12.7. The molecule has 16 heavy (non-hydrogen) atoms. The Labute approximate surface area is 109 Å². The van der Waals surface area contributed by atoms with E-state index >= 15 is 0 Å². The molecule has 0 spiro atoms. The van der Waals surface area contributed by atoms with Crippen molar-refractivity contribution in [3.63, 3.8) is 0 Å². The minimum Gasteiger partial charge on any atom is -0.665 e. The second-order valence-electron chi connectivity index (χ2n) is 4.15. The van der Waals surface area contributed by atoms with Gasteiger partial charge in [0, 0.05) is 0 Å². The van der Waals surface area contributed by atoms with E-state index in [4.69, 9.17) is 9.90 Å². The Morgan fingerprint density at radius 3 is 1.31 bits per heavy atom. The fourth-order valence-corrected chi connectivity index (χ4v) is 11.1. The van der Waals surface area contributed by atoms with Gasteiger partial charge in [0.05, 0.1) is 0 Å². The first-order valence-corrected chi connectivity index (χ1v) is 12.7. The van der Waals surface area contributed by atoms with Crippen molar-refractivity contribution in [3.8, 4) is 0 Å². The van der Waals surface area contributed by atoms with E-state index in [-0.39, 0.29) is 0 Å². The van der Waals surface area contributed by atoms with Crippen LogP contribution in [0.25, 0.3) is 0 Å². The molecule has 0 aliphatic heterocycles. The zero-order valence-electron chi connectivity index (χ0n) is 11.2. The van der Waals surface area contributed by atoms with Gasteiger partial charge in [-0.25, -0.2) is 0 Å². The minimum atomic E-state index is -0.839. The molecule has 1 N–H and O–H groups in total. The molecule has 0 aliphatic carbocycles. The third-order valence-electron chi connectivity index (χ3n) is 2.65. The van der Waals surface area contributed by atoms with Crippen molar-refractivity contribution in [3.05, 3.63) is 0 Å². The van der Waals surface area contributed by atoms with E-state index in [2.05, 4.69) is 20.8 Å². The number of unbranched alkanes of at least 4 members (excludes halogenated alkanes) is 3. The number of hydrogen-bond acceptors (Lipinski definition) is 1. The van der Waals surface area contributed by atoms with Gasteiger partial charge in [-0.05, 0) is 0 Å². The zero-order valence-corrected chi connectivity index (χ0v) is 14.1. The maximum atomic E-state index is 8.24. The summed E-state index contributed by atoms with van der Waals surface area (Å²) in [5.41, 5.74) is 0. The third kappa shape index (κ3) is 16.7. The topological polar surface area (TPSA) is 37.3 Å². The molecule has 0 rings (SSSR count). The average Bonchev–Trinajstić information content (AvgIpc) is 2.29. The van der Waals surface area contributed by atoms with Crippen LogP contribution in [-0.4, -0.2) is 31.3 Å². The number of aliphatic hydroxyl groups excluding tert-OH is 1. The molecule has 0 fully saturated rings. The average molecular weight is 335 g/mol. The van der Waals surface area contributed by atoms with Crippen LogP contribution in [0.2, 0.25) is 13.3 Å². The Hall–Kier alpha value is 0.269. The van der Waals surface area contributed by atoms with Crippen LogP contribution in [0.4, 0.5) is 0 Å². The molecule has 0 radical (unpaired) electrons. The van der Waals surface area contributed by atoms with Crippen LogP contribution in [0.5, 0.6) is 0 Å². The van der Waals surface area contributed by atoms with Gasteiger partial charge in [0.1, 0.15) is 0 Å². The number of hydrogen-bond donors (Lipinski definition) is 1. The van der Waals surface area contributed by atoms with Crippen molar-refractivity contribution in [1.82, 2.24) is 0 Å². The quantitative estimate of drug-likeness (QED) is 0.498. The van der Waals surface area contributed by atoms with E-state index in [9.17, 15) is 0 Å². The molecule has 0 atom stereocenters. The fourth-order valence-electron chi connectivity index (χ4n) is 1.66. The van der Waals surface area contributed by atoms with Crippen LogP contribution in [0.1, 0.15) is 59.3 Å². The summed E-state index contributed by atoms with van der Waals surface area (Å²) in [5.74, 6) is 0. The van der Waals surface area contributed by atoms with Crippen molar-refractivity contribution in [2.75, 3.05) is 0 Å². The van der Waals surface area contributed by atoms with E-state index in [0.29, 0.717) is 6.47 Å². The summed E-state index contributed by atoms with van der Waals surface area (Å²) < 4.78 is 5.04. The number of rotatable bonds is 9. The van der Waals surface area contributed by atoms with Crippen LogP contribution in [0, 0.1) is 0 Å². The van der Waals surface area contributed by atoms with Gasteiger partial charge in [0.25, 0.3) is 0 Å². The van der Waals surface area contributed by atoms with E-state index in [1.165, 1.54) is 38.5 Å². The molecule has 0 aromatic rings. The zero-order chi connectivity index (χ0) is 12.6. The first-order chi connectivity index (χ1) is 7.76. The van der Waals surface area contributed by atoms with Gasteiger partial charge in [-0.2, -0.15) is 0 Å². The summed E-state index contributed by atoms with van der Waals surface area (Å²) in [4.78, 5) is 8.24. The SMILES string of the molecule is CCC[CH2][Sn+]([CH2]CCC)[CH2]CCC.O=[C-]O. The predicted molar refractivity (Wildman–Crippen MR) is 73.2 cm³/mol.